The van der Waals surface area contributed by atoms with Crippen molar-refractivity contribution in [2.24, 2.45) is 11.8 Å². The van der Waals surface area contributed by atoms with Crippen LogP contribution >= 0.6 is 0 Å². The Kier molecular flexibility index (Phi) is 3.97. The van der Waals surface area contributed by atoms with Gasteiger partial charge in [-0.3, -0.25) is 4.79 Å². The van der Waals surface area contributed by atoms with Crippen molar-refractivity contribution in [3.05, 3.63) is 29.6 Å². The molecular weight excluding hydrogens is 231 g/mol. The summed E-state index contributed by atoms with van der Waals surface area (Å²) in [6, 6.07) is 4.74. The predicted molar refractivity (Wildman–Crippen MR) is 69.9 cm³/mol. The minimum atomic E-state index is -0.289. The molecule has 0 spiro atoms. The standard InChI is InChI=1S/C14H19FN2O/c1-9-6-11(8-16-7-9)14(18)17-13-5-3-4-12(15)10(13)2/h3-5,9,11,16H,6-8H2,1-2H3,(H,17,18). The Hall–Kier alpha value is -1.42. The smallest absolute Gasteiger partial charge is 0.228 e. The number of nitrogens with one attached hydrogen (secondary N) is 2. The quantitative estimate of drug-likeness (QED) is 0.845. The Balaban J connectivity index is 2.04. The third-order valence-corrected chi connectivity index (χ3v) is 3.47. The molecule has 0 radical (unpaired) electrons. The molecule has 0 saturated carbocycles. The molecule has 0 aliphatic carbocycles. The molecule has 4 heteroatoms. The lowest BCUT2D eigenvalue weighted by Gasteiger charge is -2.27. The summed E-state index contributed by atoms with van der Waals surface area (Å²) >= 11 is 0. The third-order valence-electron chi connectivity index (χ3n) is 3.47. The lowest BCUT2D eigenvalue weighted by Crippen LogP contribution is -2.41. The van der Waals surface area contributed by atoms with Crippen LogP contribution in [0, 0.1) is 24.6 Å². The van der Waals surface area contributed by atoms with Gasteiger partial charge in [0.1, 0.15) is 5.82 Å². The number of anilines is 1. The Morgan fingerprint density at radius 2 is 2.22 bits per heavy atom. The highest BCUT2D eigenvalue weighted by molar-refractivity contribution is 5.93. The van der Waals surface area contributed by atoms with Crippen LogP contribution < -0.4 is 10.6 Å². The molecule has 1 aliphatic heterocycles. The second-order valence-electron chi connectivity index (χ2n) is 5.10. The molecule has 1 amide bonds. The zero-order valence-electron chi connectivity index (χ0n) is 10.8. The zero-order valence-corrected chi connectivity index (χ0v) is 10.8. The van der Waals surface area contributed by atoms with Crippen molar-refractivity contribution in [2.75, 3.05) is 18.4 Å². The first kappa shape index (κ1) is 13.0. The van der Waals surface area contributed by atoms with Crippen LogP contribution in [0.1, 0.15) is 18.9 Å². The van der Waals surface area contributed by atoms with Crippen molar-refractivity contribution < 1.29 is 9.18 Å². The van der Waals surface area contributed by atoms with E-state index < -0.39 is 0 Å². The molecule has 1 fully saturated rings. The zero-order chi connectivity index (χ0) is 13.1. The highest BCUT2D eigenvalue weighted by Crippen LogP contribution is 2.21. The summed E-state index contributed by atoms with van der Waals surface area (Å²) in [5, 5.41) is 6.06. The van der Waals surface area contributed by atoms with Gasteiger partial charge in [0.05, 0.1) is 5.92 Å². The fraction of sp³-hybridized carbons (Fsp3) is 0.500. The van der Waals surface area contributed by atoms with E-state index in [1.54, 1.807) is 19.1 Å². The Morgan fingerprint density at radius 3 is 2.94 bits per heavy atom. The van der Waals surface area contributed by atoms with Gasteiger partial charge in [0.15, 0.2) is 0 Å². The maximum absolute atomic E-state index is 13.4. The number of hydrogen-bond acceptors (Lipinski definition) is 2. The van der Waals surface area contributed by atoms with Crippen molar-refractivity contribution in [1.29, 1.82) is 0 Å². The van der Waals surface area contributed by atoms with Gasteiger partial charge < -0.3 is 10.6 Å². The van der Waals surface area contributed by atoms with E-state index in [9.17, 15) is 9.18 Å². The molecule has 2 N–H and O–H groups in total. The molecule has 98 valence electrons. The van der Waals surface area contributed by atoms with Crippen LogP contribution in [0.15, 0.2) is 18.2 Å². The third kappa shape index (κ3) is 2.88. The fourth-order valence-electron chi connectivity index (χ4n) is 2.33. The fourth-order valence-corrected chi connectivity index (χ4v) is 2.33. The molecule has 1 aliphatic rings. The highest BCUT2D eigenvalue weighted by Gasteiger charge is 2.25. The number of benzene rings is 1. The molecule has 1 heterocycles. The van der Waals surface area contributed by atoms with Gasteiger partial charge in [-0.25, -0.2) is 4.39 Å². The van der Waals surface area contributed by atoms with E-state index in [-0.39, 0.29) is 17.6 Å². The van der Waals surface area contributed by atoms with E-state index in [0.29, 0.717) is 23.7 Å². The minimum Gasteiger partial charge on any atom is -0.325 e. The normalized spacial score (nSPS) is 23.7. The van der Waals surface area contributed by atoms with Crippen LogP contribution in [-0.2, 0) is 4.79 Å². The number of carbonyl (C=O) groups excluding carboxylic acids is 1. The van der Waals surface area contributed by atoms with E-state index >= 15 is 0 Å². The maximum atomic E-state index is 13.4. The van der Waals surface area contributed by atoms with Crippen LogP contribution in [0.2, 0.25) is 0 Å². The number of amides is 1. The van der Waals surface area contributed by atoms with Gasteiger partial charge in [-0.05, 0) is 37.9 Å². The first-order chi connectivity index (χ1) is 8.58. The molecule has 1 aromatic carbocycles. The minimum absolute atomic E-state index is 0.0252. The Labute approximate surface area is 107 Å². The summed E-state index contributed by atoms with van der Waals surface area (Å²) in [5.41, 5.74) is 1.06. The van der Waals surface area contributed by atoms with Gasteiger partial charge in [-0.1, -0.05) is 13.0 Å². The second kappa shape index (κ2) is 5.48. The largest absolute Gasteiger partial charge is 0.325 e. The lowest BCUT2D eigenvalue weighted by atomic mass is 9.91. The average Bonchev–Trinajstić information content (AvgIpc) is 2.35. The van der Waals surface area contributed by atoms with E-state index in [1.165, 1.54) is 6.07 Å². The van der Waals surface area contributed by atoms with Crippen molar-refractivity contribution in [3.8, 4) is 0 Å². The maximum Gasteiger partial charge on any atom is 0.228 e. The Bertz CT molecular complexity index is 447. The van der Waals surface area contributed by atoms with E-state index in [2.05, 4.69) is 17.6 Å². The molecule has 18 heavy (non-hydrogen) atoms. The molecule has 2 atom stereocenters. The van der Waals surface area contributed by atoms with E-state index in [1.807, 2.05) is 0 Å². The summed E-state index contributed by atoms with van der Waals surface area (Å²) < 4.78 is 13.4. The van der Waals surface area contributed by atoms with Crippen LogP contribution in [0.25, 0.3) is 0 Å². The Morgan fingerprint density at radius 1 is 1.44 bits per heavy atom. The number of halogens is 1. The predicted octanol–water partition coefficient (Wildman–Crippen LogP) is 2.32. The van der Waals surface area contributed by atoms with Crippen molar-refractivity contribution in [1.82, 2.24) is 5.32 Å². The van der Waals surface area contributed by atoms with Gasteiger partial charge >= 0.3 is 0 Å². The first-order valence-electron chi connectivity index (χ1n) is 6.34. The second-order valence-corrected chi connectivity index (χ2v) is 5.10. The summed E-state index contributed by atoms with van der Waals surface area (Å²) in [6.07, 6.45) is 0.882. The van der Waals surface area contributed by atoms with Crippen LogP contribution in [0.3, 0.4) is 0 Å². The summed E-state index contributed by atoms with van der Waals surface area (Å²) in [5.74, 6) is 0.158. The summed E-state index contributed by atoms with van der Waals surface area (Å²) in [7, 11) is 0. The van der Waals surface area contributed by atoms with Crippen LogP contribution in [-0.4, -0.2) is 19.0 Å². The van der Waals surface area contributed by atoms with Crippen LogP contribution in [0.4, 0.5) is 10.1 Å². The van der Waals surface area contributed by atoms with Crippen molar-refractivity contribution in [3.63, 3.8) is 0 Å². The monoisotopic (exact) mass is 250 g/mol. The molecule has 2 unspecified atom stereocenters. The van der Waals surface area contributed by atoms with Gasteiger partial charge in [-0.15, -0.1) is 0 Å². The average molecular weight is 250 g/mol. The number of rotatable bonds is 2. The molecular formula is C14H19FN2O. The van der Waals surface area contributed by atoms with Crippen LogP contribution in [0.5, 0.6) is 0 Å². The topological polar surface area (TPSA) is 41.1 Å². The molecule has 0 aromatic heterocycles. The molecule has 1 saturated heterocycles. The summed E-state index contributed by atoms with van der Waals surface area (Å²) in [4.78, 5) is 12.1. The number of carbonyl (C=O) groups is 1. The van der Waals surface area contributed by atoms with Crippen molar-refractivity contribution in [2.45, 2.75) is 20.3 Å². The lowest BCUT2D eigenvalue weighted by molar-refractivity contribution is -0.120. The van der Waals surface area contributed by atoms with Gasteiger partial charge in [0.2, 0.25) is 5.91 Å². The van der Waals surface area contributed by atoms with Gasteiger partial charge in [-0.2, -0.15) is 0 Å². The molecule has 3 nitrogen and oxygen atoms in total. The van der Waals surface area contributed by atoms with Gasteiger partial charge in [0, 0.05) is 17.8 Å². The number of hydrogen-bond donors (Lipinski definition) is 2. The molecule has 0 bridgehead atoms. The summed E-state index contributed by atoms with van der Waals surface area (Å²) in [6.45, 7) is 5.46. The molecule has 2 rings (SSSR count). The van der Waals surface area contributed by atoms with E-state index in [4.69, 9.17) is 0 Å². The highest BCUT2D eigenvalue weighted by atomic mass is 19.1. The SMILES string of the molecule is Cc1c(F)cccc1NC(=O)C1CNCC(C)C1. The van der Waals surface area contributed by atoms with Crippen molar-refractivity contribution >= 4 is 11.6 Å². The van der Waals surface area contributed by atoms with Gasteiger partial charge in [0.25, 0.3) is 0 Å². The van der Waals surface area contributed by atoms with E-state index in [0.717, 1.165) is 13.0 Å². The first-order valence-corrected chi connectivity index (χ1v) is 6.34. The molecule has 1 aromatic rings. The number of piperidine rings is 1.